The van der Waals surface area contributed by atoms with Gasteiger partial charge in [-0.15, -0.1) is 11.3 Å². The van der Waals surface area contributed by atoms with Crippen LogP contribution < -0.4 is 5.73 Å². The molecule has 1 atom stereocenters. The van der Waals surface area contributed by atoms with Crippen LogP contribution in [-0.2, 0) is 0 Å². The zero-order valence-corrected chi connectivity index (χ0v) is 10.9. The number of hydrogen-bond acceptors (Lipinski definition) is 2. The second-order valence-corrected chi connectivity index (χ2v) is 5.34. The first-order chi connectivity index (χ1) is 7.58. The molecule has 1 nitrogen and oxygen atoms in total. The highest BCUT2D eigenvalue weighted by Gasteiger charge is 2.08. The van der Waals surface area contributed by atoms with Crippen molar-refractivity contribution in [1.82, 2.24) is 0 Å². The summed E-state index contributed by atoms with van der Waals surface area (Å²) >= 11 is 7.73. The van der Waals surface area contributed by atoms with Gasteiger partial charge in [0.2, 0.25) is 0 Å². The van der Waals surface area contributed by atoms with Crippen molar-refractivity contribution in [3.8, 4) is 10.4 Å². The molecule has 1 aromatic heterocycles. The SMILES string of the molecule is Cc1ccc(Cl)cc1-c1cc(C(C)N)cs1. The average molecular weight is 252 g/mol. The number of hydrogen-bond donors (Lipinski definition) is 1. The number of aryl methyl sites for hydroxylation is 1. The molecule has 1 heterocycles. The molecule has 2 N–H and O–H groups in total. The molecule has 0 spiro atoms. The van der Waals surface area contributed by atoms with Crippen molar-refractivity contribution in [1.29, 1.82) is 0 Å². The molecule has 0 aliphatic carbocycles. The molecule has 2 aromatic rings. The van der Waals surface area contributed by atoms with Gasteiger partial charge in [0.25, 0.3) is 0 Å². The smallest absolute Gasteiger partial charge is 0.0412 e. The number of rotatable bonds is 2. The molecule has 3 heteroatoms. The third-order valence-electron chi connectivity index (χ3n) is 2.61. The highest BCUT2D eigenvalue weighted by atomic mass is 35.5. The Kier molecular flexibility index (Phi) is 3.33. The highest BCUT2D eigenvalue weighted by molar-refractivity contribution is 7.13. The fourth-order valence-corrected chi connectivity index (χ4v) is 2.86. The number of benzene rings is 1. The van der Waals surface area contributed by atoms with Crippen LogP contribution in [0.15, 0.2) is 29.6 Å². The summed E-state index contributed by atoms with van der Waals surface area (Å²) in [4.78, 5) is 1.23. The third-order valence-corrected chi connectivity index (χ3v) is 3.83. The molecule has 0 bridgehead atoms. The Morgan fingerprint density at radius 1 is 1.31 bits per heavy atom. The highest BCUT2D eigenvalue weighted by Crippen LogP contribution is 2.33. The first-order valence-corrected chi connectivity index (χ1v) is 6.44. The van der Waals surface area contributed by atoms with Gasteiger partial charge in [0.1, 0.15) is 0 Å². The van der Waals surface area contributed by atoms with Crippen LogP contribution in [0.4, 0.5) is 0 Å². The molecule has 84 valence electrons. The Morgan fingerprint density at radius 3 is 2.69 bits per heavy atom. The minimum absolute atomic E-state index is 0.0875. The predicted octanol–water partition coefficient (Wildman–Crippen LogP) is 4.40. The quantitative estimate of drug-likeness (QED) is 0.841. The fraction of sp³-hybridized carbons (Fsp3) is 0.231. The molecular formula is C13H14ClNS. The molecule has 0 radical (unpaired) electrons. The molecule has 0 saturated heterocycles. The van der Waals surface area contributed by atoms with Gasteiger partial charge in [-0.25, -0.2) is 0 Å². The minimum Gasteiger partial charge on any atom is -0.324 e. The third kappa shape index (κ3) is 2.29. The maximum absolute atomic E-state index is 6.02. The molecule has 0 amide bonds. The standard InChI is InChI=1S/C13H14ClNS/c1-8-3-4-11(14)6-12(8)13-5-10(7-16-13)9(2)15/h3-7,9H,15H2,1-2H3. The van der Waals surface area contributed by atoms with E-state index < -0.39 is 0 Å². The molecular weight excluding hydrogens is 238 g/mol. The van der Waals surface area contributed by atoms with Crippen molar-refractivity contribution in [3.05, 3.63) is 45.8 Å². The van der Waals surface area contributed by atoms with Crippen LogP contribution in [0.5, 0.6) is 0 Å². The zero-order chi connectivity index (χ0) is 11.7. The van der Waals surface area contributed by atoms with E-state index in [0.29, 0.717) is 0 Å². The molecule has 0 aliphatic rings. The molecule has 1 unspecified atom stereocenters. The van der Waals surface area contributed by atoms with Crippen LogP contribution in [-0.4, -0.2) is 0 Å². The van der Waals surface area contributed by atoms with E-state index in [1.54, 1.807) is 11.3 Å². The molecule has 0 fully saturated rings. The summed E-state index contributed by atoms with van der Waals surface area (Å²) in [5.74, 6) is 0. The van der Waals surface area contributed by atoms with E-state index in [9.17, 15) is 0 Å². The average Bonchev–Trinajstić information content (AvgIpc) is 2.70. The van der Waals surface area contributed by atoms with Gasteiger partial charge >= 0.3 is 0 Å². The largest absolute Gasteiger partial charge is 0.324 e. The van der Waals surface area contributed by atoms with E-state index in [1.165, 1.54) is 21.6 Å². The van der Waals surface area contributed by atoms with Crippen molar-refractivity contribution in [3.63, 3.8) is 0 Å². The van der Waals surface area contributed by atoms with Gasteiger partial charge < -0.3 is 5.73 Å². The number of thiophene rings is 1. The van der Waals surface area contributed by atoms with E-state index in [-0.39, 0.29) is 6.04 Å². The summed E-state index contributed by atoms with van der Waals surface area (Å²) in [6, 6.07) is 8.20. The fourth-order valence-electron chi connectivity index (χ4n) is 1.59. The van der Waals surface area contributed by atoms with E-state index in [1.807, 2.05) is 25.1 Å². The lowest BCUT2D eigenvalue weighted by atomic mass is 10.1. The van der Waals surface area contributed by atoms with E-state index >= 15 is 0 Å². The van der Waals surface area contributed by atoms with Crippen LogP contribution in [0.25, 0.3) is 10.4 Å². The minimum atomic E-state index is 0.0875. The van der Waals surface area contributed by atoms with Crippen LogP contribution in [0.1, 0.15) is 24.1 Å². The Labute approximate surface area is 105 Å². The summed E-state index contributed by atoms with van der Waals surface area (Å²) in [5.41, 5.74) is 9.47. The normalized spacial score (nSPS) is 12.8. The van der Waals surface area contributed by atoms with Crippen molar-refractivity contribution >= 4 is 22.9 Å². The maximum Gasteiger partial charge on any atom is 0.0412 e. The monoisotopic (exact) mass is 251 g/mol. The summed E-state index contributed by atoms with van der Waals surface area (Å²) in [6.45, 7) is 4.09. The van der Waals surface area contributed by atoms with Crippen molar-refractivity contribution in [2.24, 2.45) is 5.73 Å². The van der Waals surface area contributed by atoms with E-state index in [2.05, 4.69) is 18.4 Å². The van der Waals surface area contributed by atoms with Crippen LogP contribution in [0.3, 0.4) is 0 Å². The van der Waals surface area contributed by atoms with Crippen LogP contribution in [0, 0.1) is 6.92 Å². The Hall–Kier alpha value is -0.830. The summed E-state index contributed by atoms with van der Waals surface area (Å²) < 4.78 is 0. The maximum atomic E-state index is 6.02. The van der Waals surface area contributed by atoms with Crippen molar-refractivity contribution < 1.29 is 0 Å². The molecule has 0 aliphatic heterocycles. The zero-order valence-electron chi connectivity index (χ0n) is 9.33. The van der Waals surface area contributed by atoms with Crippen LogP contribution in [0.2, 0.25) is 5.02 Å². The first kappa shape index (κ1) is 11.6. The summed E-state index contributed by atoms with van der Waals surface area (Å²) in [6.07, 6.45) is 0. The van der Waals surface area contributed by atoms with Gasteiger partial charge in [0.15, 0.2) is 0 Å². The van der Waals surface area contributed by atoms with Gasteiger partial charge in [0, 0.05) is 15.9 Å². The van der Waals surface area contributed by atoms with Gasteiger partial charge in [0.05, 0.1) is 0 Å². The Bertz CT molecular complexity index is 502. The molecule has 1 aromatic carbocycles. The topological polar surface area (TPSA) is 26.0 Å². The summed E-state index contributed by atoms with van der Waals surface area (Å²) in [5, 5.41) is 2.89. The Morgan fingerprint density at radius 2 is 2.06 bits per heavy atom. The lowest BCUT2D eigenvalue weighted by Gasteiger charge is -2.03. The second-order valence-electron chi connectivity index (χ2n) is 3.99. The molecule has 2 rings (SSSR count). The van der Waals surface area contributed by atoms with E-state index in [0.717, 1.165) is 5.02 Å². The van der Waals surface area contributed by atoms with Crippen molar-refractivity contribution in [2.75, 3.05) is 0 Å². The van der Waals surface area contributed by atoms with Gasteiger partial charge in [-0.3, -0.25) is 0 Å². The van der Waals surface area contributed by atoms with Gasteiger partial charge in [-0.05, 0) is 54.1 Å². The van der Waals surface area contributed by atoms with Crippen molar-refractivity contribution in [2.45, 2.75) is 19.9 Å². The molecule has 0 saturated carbocycles. The summed E-state index contributed by atoms with van der Waals surface area (Å²) in [7, 11) is 0. The van der Waals surface area contributed by atoms with Crippen LogP contribution >= 0.6 is 22.9 Å². The lowest BCUT2D eigenvalue weighted by Crippen LogP contribution is -2.02. The Balaban J connectivity index is 2.46. The first-order valence-electron chi connectivity index (χ1n) is 5.18. The number of halogens is 1. The van der Waals surface area contributed by atoms with Gasteiger partial charge in [-0.1, -0.05) is 17.7 Å². The predicted molar refractivity (Wildman–Crippen MR) is 72.1 cm³/mol. The number of nitrogens with two attached hydrogens (primary N) is 1. The van der Waals surface area contributed by atoms with E-state index in [4.69, 9.17) is 17.3 Å². The lowest BCUT2D eigenvalue weighted by molar-refractivity contribution is 0.823. The van der Waals surface area contributed by atoms with Gasteiger partial charge in [-0.2, -0.15) is 0 Å². The second kappa shape index (κ2) is 4.58. The molecule has 16 heavy (non-hydrogen) atoms.